The number of urea groups is 1. The van der Waals surface area contributed by atoms with Crippen molar-refractivity contribution >= 4 is 23.3 Å². The van der Waals surface area contributed by atoms with Crippen LogP contribution in [0.5, 0.6) is 0 Å². The number of amides is 2. The number of hydrogen-bond acceptors (Lipinski definition) is 1. The zero-order chi connectivity index (χ0) is 22.1. The van der Waals surface area contributed by atoms with Gasteiger partial charge in [0.1, 0.15) is 6.04 Å². The third-order valence-electron chi connectivity index (χ3n) is 6.04. The van der Waals surface area contributed by atoms with E-state index in [1.165, 1.54) is 5.56 Å². The van der Waals surface area contributed by atoms with Crippen LogP contribution in [0.25, 0.3) is 5.69 Å². The molecular formula is C27H24ClN3O. The van der Waals surface area contributed by atoms with Gasteiger partial charge in [-0.1, -0.05) is 67.1 Å². The molecule has 0 aliphatic carbocycles. The molecule has 5 rings (SSSR count). The lowest BCUT2D eigenvalue weighted by Gasteiger charge is -2.31. The number of para-hydroxylation sites is 1. The van der Waals surface area contributed by atoms with Crippen LogP contribution >= 0.6 is 11.6 Å². The van der Waals surface area contributed by atoms with Crippen molar-refractivity contribution in [3.63, 3.8) is 0 Å². The van der Waals surface area contributed by atoms with Crippen molar-refractivity contribution in [2.45, 2.75) is 25.9 Å². The van der Waals surface area contributed by atoms with E-state index < -0.39 is 0 Å². The van der Waals surface area contributed by atoms with Gasteiger partial charge in [0.2, 0.25) is 0 Å². The van der Waals surface area contributed by atoms with Crippen LogP contribution in [-0.4, -0.2) is 15.5 Å². The number of carbonyl (C=O) groups is 1. The lowest BCUT2D eigenvalue weighted by atomic mass is 10.0. The molecule has 1 N–H and O–H groups in total. The largest absolute Gasteiger partial charge is 0.322 e. The van der Waals surface area contributed by atoms with E-state index in [1.807, 2.05) is 77.8 Å². The number of hydrogen-bond donors (Lipinski definition) is 1. The molecule has 0 bridgehead atoms. The Kier molecular flexibility index (Phi) is 5.46. The number of halogens is 1. The van der Waals surface area contributed by atoms with Gasteiger partial charge in [0.25, 0.3) is 0 Å². The minimum atomic E-state index is -0.332. The van der Waals surface area contributed by atoms with Crippen molar-refractivity contribution in [1.29, 1.82) is 0 Å². The van der Waals surface area contributed by atoms with E-state index in [2.05, 4.69) is 35.0 Å². The molecule has 3 aromatic carbocycles. The molecule has 32 heavy (non-hydrogen) atoms. The normalized spacial score (nSPS) is 14.9. The Hall–Kier alpha value is -3.50. The quantitative estimate of drug-likeness (QED) is 0.371. The Labute approximate surface area is 193 Å². The van der Waals surface area contributed by atoms with Crippen molar-refractivity contribution < 1.29 is 4.79 Å². The highest BCUT2D eigenvalue weighted by molar-refractivity contribution is 6.31. The van der Waals surface area contributed by atoms with E-state index in [-0.39, 0.29) is 12.1 Å². The van der Waals surface area contributed by atoms with Crippen molar-refractivity contribution in [3.05, 3.63) is 119 Å². The maximum atomic E-state index is 13.7. The van der Waals surface area contributed by atoms with E-state index in [4.69, 9.17) is 11.6 Å². The van der Waals surface area contributed by atoms with Crippen molar-refractivity contribution in [1.82, 2.24) is 9.47 Å². The van der Waals surface area contributed by atoms with Crippen molar-refractivity contribution in [3.8, 4) is 5.69 Å². The second-order valence-electron chi connectivity index (χ2n) is 7.96. The number of aryl methyl sites for hydroxylation is 1. The zero-order valence-electron chi connectivity index (χ0n) is 17.8. The first-order valence-electron chi connectivity index (χ1n) is 10.8. The third kappa shape index (κ3) is 3.67. The molecule has 0 saturated carbocycles. The van der Waals surface area contributed by atoms with Crippen LogP contribution in [0.2, 0.25) is 5.02 Å². The molecule has 160 valence electrons. The van der Waals surface area contributed by atoms with Gasteiger partial charge in [-0.3, -0.25) is 0 Å². The highest BCUT2D eigenvalue weighted by Crippen LogP contribution is 2.39. The second kappa shape index (κ2) is 8.56. The van der Waals surface area contributed by atoms with E-state index >= 15 is 0 Å². The highest BCUT2D eigenvalue weighted by atomic mass is 35.5. The summed E-state index contributed by atoms with van der Waals surface area (Å²) >= 11 is 6.65. The Morgan fingerprint density at radius 1 is 0.969 bits per heavy atom. The standard InChI is InChI=1S/C27H24ClN3O/c1-2-19-13-15-21(16-14-19)29-27(32)31-18-20-8-3-6-11-24(20)30-17-7-12-25(30)26(31)22-9-4-5-10-23(22)28/h3-17,26H,2,18H2,1H3,(H,29,32)/t26-/m0/s1. The van der Waals surface area contributed by atoms with Crippen molar-refractivity contribution in [2.24, 2.45) is 0 Å². The van der Waals surface area contributed by atoms with Crippen LogP contribution in [-0.2, 0) is 13.0 Å². The van der Waals surface area contributed by atoms with Gasteiger partial charge < -0.3 is 14.8 Å². The first-order valence-corrected chi connectivity index (χ1v) is 11.2. The molecule has 0 spiro atoms. The summed E-state index contributed by atoms with van der Waals surface area (Å²) in [6.07, 6.45) is 3.01. The predicted octanol–water partition coefficient (Wildman–Crippen LogP) is 6.83. The van der Waals surface area contributed by atoms with Crippen molar-refractivity contribution in [2.75, 3.05) is 5.32 Å². The summed E-state index contributed by atoms with van der Waals surface area (Å²) in [6.45, 7) is 2.58. The van der Waals surface area contributed by atoms with Crippen LogP contribution in [0.15, 0.2) is 91.1 Å². The molecule has 1 atom stereocenters. The van der Waals surface area contributed by atoms with Gasteiger partial charge in [-0.2, -0.15) is 0 Å². The Bertz CT molecular complexity index is 1260. The van der Waals surface area contributed by atoms with Gasteiger partial charge in [-0.15, -0.1) is 0 Å². The number of rotatable bonds is 3. The maximum Gasteiger partial charge on any atom is 0.322 e. The van der Waals surface area contributed by atoms with Crippen LogP contribution in [0.4, 0.5) is 10.5 Å². The average Bonchev–Trinajstić information content (AvgIpc) is 3.25. The summed E-state index contributed by atoms with van der Waals surface area (Å²) < 4.78 is 2.16. The van der Waals surface area contributed by atoms with Crippen LogP contribution in [0, 0.1) is 0 Å². The first kappa shape index (κ1) is 20.4. The molecule has 2 amide bonds. The number of nitrogens with one attached hydrogen (secondary N) is 1. The molecular weight excluding hydrogens is 418 g/mol. The molecule has 0 saturated heterocycles. The summed E-state index contributed by atoms with van der Waals surface area (Å²) in [5.41, 5.74) is 6.07. The van der Waals surface area contributed by atoms with E-state index in [9.17, 15) is 4.79 Å². The van der Waals surface area contributed by atoms with Gasteiger partial charge in [0.05, 0.1) is 17.9 Å². The number of aromatic nitrogens is 1. The number of benzene rings is 3. The summed E-state index contributed by atoms with van der Waals surface area (Å²) in [4.78, 5) is 15.5. The first-order chi connectivity index (χ1) is 15.7. The molecule has 1 aliphatic heterocycles. The average molecular weight is 442 g/mol. The fourth-order valence-electron chi connectivity index (χ4n) is 4.38. The highest BCUT2D eigenvalue weighted by Gasteiger charge is 2.34. The molecule has 5 heteroatoms. The van der Waals surface area contributed by atoms with E-state index in [0.29, 0.717) is 11.6 Å². The fraction of sp³-hybridized carbons (Fsp3) is 0.148. The number of carbonyl (C=O) groups excluding carboxylic acids is 1. The SMILES string of the molecule is CCc1ccc(NC(=O)N2Cc3ccccc3-n3cccc3[C@@H]2c2ccccc2Cl)cc1. The Morgan fingerprint density at radius 2 is 1.72 bits per heavy atom. The van der Waals surface area contributed by atoms with Gasteiger partial charge in [0.15, 0.2) is 0 Å². The smallest absolute Gasteiger partial charge is 0.318 e. The Morgan fingerprint density at radius 3 is 2.50 bits per heavy atom. The topological polar surface area (TPSA) is 37.3 Å². The maximum absolute atomic E-state index is 13.7. The monoisotopic (exact) mass is 441 g/mol. The second-order valence-corrected chi connectivity index (χ2v) is 8.37. The molecule has 0 radical (unpaired) electrons. The minimum absolute atomic E-state index is 0.163. The molecule has 4 aromatic rings. The van der Waals surface area contributed by atoms with E-state index in [0.717, 1.165) is 34.6 Å². The molecule has 1 aliphatic rings. The van der Waals surface area contributed by atoms with E-state index in [1.54, 1.807) is 0 Å². The van der Waals surface area contributed by atoms with Crippen LogP contribution in [0.1, 0.15) is 35.3 Å². The fourth-order valence-corrected chi connectivity index (χ4v) is 4.62. The number of anilines is 1. The number of nitrogens with zero attached hydrogens (tertiary/aromatic N) is 2. The summed E-state index contributed by atoms with van der Waals surface area (Å²) in [7, 11) is 0. The van der Waals surface area contributed by atoms with Crippen LogP contribution in [0.3, 0.4) is 0 Å². The van der Waals surface area contributed by atoms with Gasteiger partial charge in [-0.25, -0.2) is 4.79 Å². The van der Waals surface area contributed by atoms with Crippen LogP contribution < -0.4 is 5.32 Å². The Balaban J connectivity index is 1.61. The summed E-state index contributed by atoms with van der Waals surface area (Å²) in [5, 5.41) is 3.74. The third-order valence-corrected chi connectivity index (χ3v) is 6.38. The zero-order valence-corrected chi connectivity index (χ0v) is 18.6. The lowest BCUT2D eigenvalue weighted by Crippen LogP contribution is -2.38. The number of fused-ring (bicyclic) bond motifs is 3. The lowest BCUT2D eigenvalue weighted by molar-refractivity contribution is 0.194. The summed E-state index contributed by atoms with van der Waals surface area (Å²) in [6, 6.07) is 27.5. The predicted molar refractivity (Wildman–Crippen MR) is 129 cm³/mol. The minimum Gasteiger partial charge on any atom is -0.318 e. The molecule has 0 unspecified atom stereocenters. The van der Waals surface area contributed by atoms with Gasteiger partial charge in [-0.05, 0) is 59.5 Å². The van der Waals surface area contributed by atoms with Gasteiger partial charge in [0, 0.05) is 16.9 Å². The molecule has 0 fully saturated rings. The molecule has 4 nitrogen and oxygen atoms in total. The molecule has 1 aromatic heterocycles. The molecule has 2 heterocycles. The van der Waals surface area contributed by atoms with Gasteiger partial charge >= 0.3 is 6.03 Å². The summed E-state index contributed by atoms with van der Waals surface area (Å²) in [5.74, 6) is 0.